The first kappa shape index (κ1) is 22.4. The average Bonchev–Trinajstić information content (AvgIpc) is 3.44. The molecule has 7 nitrogen and oxygen atoms in total. The van der Waals surface area contributed by atoms with Gasteiger partial charge >= 0.3 is 12.0 Å². The van der Waals surface area contributed by atoms with Gasteiger partial charge in [0.25, 0.3) is 5.91 Å². The van der Waals surface area contributed by atoms with Crippen molar-refractivity contribution in [2.45, 2.75) is 25.3 Å². The van der Waals surface area contributed by atoms with Crippen molar-refractivity contribution in [1.29, 1.82) is 0 Å². The van der Waals surface area contributed by atoms with Crippen LogP contribution in [0.25, 0.3) is 21.2 Å². The van der Waals surface area contributed by atoms with Crippen molar-refractivity contribution < 1.29 is 31.9 Å². The second kappa shape index (κ2) is 8.73. The van der Waals surface area contributed by atoms with Gasteiger partial charge in [0.2, 0.25) is 0 Å². The van der Waals surface area contributed by atoms with E-state index in [1.54, 1.807) is 24.3 Å². The van der Waals surface area contributed by atoms with E-state index < -0.39 is 17.9 Å². The quantitative estimate of drug-likeness (QED) is 0.361. The Hall–Kier alpha value is -3.44. The van der Waals surface area contributed by atoms with Crippen LogP contribution in [0.5, 0.6) is 5.75 Å². The number of carbonyl (C=O) groups is 1. The minimum Gasteiger partial charge on any atom is -0.422 e. The number of thiazole rings is 1. The summed E-state index contributed by atoms with van der Waals surface area (Å²) >= 11 is 1.02. The molecule has 1 aliphatic heterocycles. The van der Waals surface area contributed by atoms with Gasteiger partial charge in [-0.15, -0.1) is 13.2 Å². The monoisotopic (exact) mass is 490 g/mol. The van der Waals surface area contributed by atoms with Crippen molar-refractivity contribution in [3.8, 4) is 5.75 Å². The van der Waals surface area contributed by atoms with Gasteiger partial charge in [0.15, 0.2) is 5.13 Å². The first-order valence-corrected chi connectivity index (χ1v) is 11.2. The van der Waals surface area contributed by atoms with Crippen molar-refractivity contribution in [3.63, 3.8) is 0 Å². The molecule has 0 aliphatic carbocycles. The summed E-state index contributed by atoms with van der Waals surface area (Å²) in [6, 6.07) is 12.0. The molecule has 0 radical (unpaired) electrons. The van der Waals surface area contributed by atoms with Crippen LogP contribution in [-0.2, 0) is 4.74 Å². The van der Waals surface area contributed by atoms with Crippen LogP contribution in [0.2, 0.25) is 0 Å². The summed E-state index contributed by atoms with van der Waals surface area (Å²) in [4.78, 5) is 31.9. The number of aromatic nitrogens is 1. The molecule has 5 rings (SSSR count). The molecule has 11 heteroatoms. The summed E-state index contributed by atoms with van der Waals surface area (Å²) in [7, 11) is 0. The van der Waals surface area contributed by atoms with Crippen LogP contribution in [-0.4, -0.2) is 36.5 Å². The SMILES string of the molecule is O=C(c1cc2ccccc2oc1=O)N(CC1CCCO1)c1nc2ccc(OC(F)(F)F)cc2s1. The number of halogens is 3. The maximum atomic E-state index is 13.5. The smallest absolute Gasteiger partial charge is 0.422 e. The predicted molar refractivity (Wildman–Crippen MR) is 119 cm³/mol. The van der Waals surface area contributed by atoms with Crippen LogP contribution in [0.1, 0.15) is 23.2 Å². The Morgan fingerprint density at radius 1 is 1.21 bits per heavy atom. The Morgan fingerprint density at radius 2 is 2.03 bits per heavy atom. The normalized spacial score (nSPS) is 16.3. The molecule has 1 saturated heterocycles. The van der Waals surface area contributed by atoms with Crippen LogP contribution in [0.15, 0.2) is 57.7 Å². The van der Waals surface area contributed by atoms with Crippen LogP contribution in [0, 0.1) is 0 Å². The molecule has 2 aromatic carbocycles. The first-order chi connectivity index (χ1) is 16.3. The number of rotatable bonds is 5. The zero-order valence-corrected chi connectivity index (χ0v) is 18.3. The molecule has 0 N–H and O–H groups in total. The third-order valence-corrected chi connectivity index (χ3v) is 6.38. The van der Waals surface area contributed by atoms with Crippen molar-refractivity contribution in [2.75, 3.05) is 18.1 Å². The van der Waals surface area contributed by atoms with Crippen molar-refractivity contribution in [2.24, 2.45) is 0 Å². The third-order valence-electron chi connectivity index (χ3n) is 5.34. The molecule has 1 fully saturated rings. The summed E-state index contributed by atoms with van der Waals surface area (Å²) < 4.78 is 53.2. The Balaban J connectivity index is 1.54. The highest BCUT2D eigenvalue weighted by Crippen LogP contribution is 2.34. The van der Waals surface area contributed by atoms with Crippen molar-refractivity contribution in [1.82, 2.24) is 4.98 Å². The third kappa shape index (κ3) is 4.62. The molecular formula is C23H17F3N2O5S. The number of hydrogen-bond acceptors (Lipinski definition) is 7. The van der Waals surface area contributed by atoms with E-state index in [-0.39, 0.29) is 29.1 Å². The fourth-order valence-electron chi connectivity index (χ4n) is 3.80. The van der Waals surface area contributed by atoms with E-state index in [0.717, 1.165) is 30.2 Å². The topological polar surface area (TPSA) is 81.9 Å². The number of carbonyl (C=O) groups excluding carboxylic acids is 1. The van der Waals surface area contributed by atoms with Gasteiger partial charge in [0.1, 0.15) is 16.9 Å². The van der Waals surface area contributed by atoms with E-state index in [2.05, 4.69) is 9.72 Å². The van der Waals surface area contributed by atoms with Crippen LogP contribution >= 0.6 is 11.3 Å². The number of anilines is 1. The standard InChI is InChI=1S/C23H17F3N2O5S/c24-23(25,26)33-14-7-8-17-19(11-14)34-22(27-17)28(12-15-5-3-9-31-15)20(29)16-10-13-4-1-2-6-18(13)32-21(16)30/h1-2,4,6-8,10-11,15H,3,5,9,12H2. The highest BCUT2D eigenvalue weighted by atomic mass is 32.1. The summed E-state index contributed by atoms with van der Waals surface area (Å²) in [5, 5.41) is 0.813. The molecule has 34 heavy (non-hydrogen) atoms. The van der Waals surface area contributed by atoms with Crippen molar-refractivity contribution in [3.05, 3.63) is 64.5 Å². The fourth-order valence-corrected chi connectivity index (χ4v) is 4.80. The highest BCUT2D eigenvalue weighted by molar-refractivity contribution is 7.22. The molecule has 1 unspecified atom stereocenters. The van der Waals surface area contributed by atoms with Crippen LogP contribution in [0.3, 0.4) is 0 Å². The Kier molecular flexibility index (Phi) is 5.74. The Morgan fingerprint density at radius 3 is 2.79 bits per heavy atom. The van der Waals surface area contributed by atoms with Crippen LogP contribution in [0.4, 0.5) is 18.3 Å². The largest absolute Gasteiger partial charge is 0.573 e. The van der Waals surface area contributed by atoms with E-state index in [9.17, 15) is 22.8 Å². The number of amides is 1. The second-order valence-corrected chi connectivity index (χ2v) is 8.72. The number of hydrogen-bond donors (Lipinski definition) is 0. The lowest BCUT2D eigenvalue weighted by atomic mass is 10.1. The highest BCUT2D eigenvalue weighted by Gasteiger charge is 2.32. The second-order valence-electron chi connectivity index (χ2n) is 7.71. The number of ether oxygens (including phenoxy) is 2. The van der Waals surface area contributed by atoms with E-state index in [4.69, 9.17) is 9.15 Å². The summed E-state index contributed by atoms with van der Waals surface area (Å²) in [6.07, 6.45) is -3.52. The minimum absolute atomic E-state index is 0.136. The van der Waals surface area contributed by atoms with E-state index in [0.29, 0.717) is 27.8 Å². The van der Waals surface area contributed by atoms with E-state index >= 15 is 0 Å². The molecule has 2 aromatic heterocycles. The molecule has 1 aliphatic rings. The number of nitrogens with zero attached hydrogens (tertiary/aromatic N) is 2. The first-order valence-electron chi connectivity index (χ1n) is 10.4. The lowest BCUT2D eigenvalue weighted by molar-refractivity contribution is -0.274. The number of alkyl halides is 3. The zero-order chi connectivity index (χ0) is 23.9. The molecular weight excluding hydrogens is 473 g/mol. The zero-order valence-electron chi connectivity index (χ0n) is 17.5. The lowest BCUT2D eigenvalue weighted by Crippen LogP contribution is -2.39. The van der Waals surface area contributed by atoms with E-state index in [1.807, 2.05) is 0 Å². The molecule has 3 heterocycles. The van der Waals surface area contributed by atoms with Gasteiger partial charge in [0.05, 0.1) is 22.9 Å². The molecule has 1 atom stereocenters. The van der Waals surface area contributed by atoms with Crippen LogP contribution < -0.4 is 15.3 Å². The molecule has 176 valence electrons. The summed E-state index contributed by atoms with van der Waals surface area (Å²) in [5.74, 6) is -1.01. The molecule has 0 spiro atoms. The van der Waals surface area contributed by atoms with Gasteiger partial charge in [-0.2, -0.15) is 0 Å². The molecule has 4 aromatic rings. The predicted octanol–water partition coefficient (Wildman–Crippen LogP) is 5.13. The fraction of sp³-hybridized carbons (Fsp3) is 0.261. The summed E-state index contributed by atoms with van der Waals surface area (Å²) in [6.45, 7) is 0.694. The van der Waals surface area contributed by atoms with Gasteiger partial charge in [0, 0.05) is 18.1 Å². The molecule has 0 saturated carbocycles. The maximum Gasteiger partial charge on any atom is 0.573 e. The number of fused-ring (bicyclic) bond motifs is 2. The van der Waals surface area contributed by atoms with Gasteiger partial charge in [-0.3, -0.25) is 9.69 Å². The summed E-state index contributed by atoms with van der Waals surface area (Å²) in [5.41, 5.74) is -0.211. The van der Waals surface area contributed by atoms with E-state index in [1.165, 1.54) is 23.1 Å². The van der Waals surface area contributed by atoms with Gasteiger partial charge in [-0.1, -0.05) is 29.5 Å². The molecule has 1 amide bonds. The Bertz CT molecular complexity index is 1430. The lowest BCUT2D eigenvalue weighted by Gasteiger charge is -2.22. The molecule has 0 bridgehead atoms. The van der Waals surface area contributed by atoms with Gasteiger partial charge in [-0.25, -0.2) is 9.78 Å². The van der Waals surface area contributed by atoms with Gasteiger partial charge in [-0.05, 0) is 37.1 Å². The average molecular weight is 490 g/mol. The van der Waals surface area contributed by atoms with Gasteiger partial charge < -0.3 is 13.9 Å². The minimum atomic E-state index is -4.83. The Labute approximate surface area is 194 Å². The maximum absolute atomic E-state index is 13.5. The van der Waals surface area contributed by atoms with Crippen molar-refractivity contribution >= 4 is 43.6 Å². The number of benzene rings is 2. The number of para-hydroxylation sites is 1.